The Morgan fingerprint density at radius 2 is 1.71 bits per heavy atom. The third kappa shape index (κ3) is 7.02. The van der Waals surface area contributed by atoms with E-state index in [1.807, 2.05) is 65.0 Å². The van der Waals surface area contributed by atoms with Gasteiger partial charge in [-0.15, -0.1) is 0 Å². The number of likely N-dealkylation sites (N-methyl/N-ethyl adjacent to an activating group) is 1. The zero-order chi connectivity index (χ0) is 18.3. The number of benzene rings is 1. The van der Waals surface area contributed by atoms with Crippen molar-refractivity contribution < 1.29 is 19.1 Å². The van der Waals surface area contributed by atoms with Gasteiger partial charge in [-0.2, -0.15) is 0 Å². The van der Waals surface area contributed by atoms with Gasteiger partial charge in [-0.3, -0.25) is 4.90 Å². The van der Waals surface area contributed by atoms with Gasteiger partial charge < -0.3 is 9.47 Å². The molecular formula is C19H29NO4. The normalized spacial score (nSPS) is 12.6. The van der Waals surface area contributed by atoms with Crippen molar-refractivity contribution in [3.63, 3.8) is 0 Å². The van der Waals surface area contributed by atoms with Crippen LogP contribution in [0.15, 0.2) is 30.3 Å². The fourth-order valence-corrected chi connectivity index (χ4v) is 2.18. The van der Waals surface area contributed by atoms with Crippen LogP contribution in [0.25, 0.3) is 0 Å². The summed E-state index contributed by atoms with van der Waals surface area (Å²) in [5, 5.41) is 0. The predicted molar refractivity (Wildman–Crippen MR) is 93.5 cm³/mol. The first-order valence-corrected chi connectivity index (χ1v) is 8.26. The maximum Gasteiger partial charge on any atom is 0.410 e. The van der Waals surface area contributed by atoms with Crippen LogP contribution in [0.4, 0.5) is 4.79 Å². The SMILES string of the molecule is CC(C)C[C@@H](C(=O)OC(C)(C)C)N(C)C(=O)OCc1ccccc1. The summed E-state index contributed by atoms with van der Waals surface area (Å²) in [6.45, 7) is 9.61. The van der Waals surface area contributed by atoms with Crippen molar-refractivity contribution in [2.45, 2.75) is 59.3 Å². The molecule has 1 aromatic carbocycles. The molecule has 0 aliphatic rings. The molecular weight excluding hydrogens is 306 g/mol. The zero-order valence-electron chi connectivity index (χ0n) is 15.5. The second-order valence-corrected chi connectivity index (χ2v) is 7.33. The molecule has 0 saturated heterocycles. The van der Waals surface area contributed by atoms with Crippen LogP contribution >= 0.6 is 0 Å². The predicted octanol–water partition coefficient (Wildman–Crippen LogP) is 4.01. The minimum atomic E-state index is -0.660. The van der Waals surface area contributed by atoms with Crippen LogP contribution in [0.1, 0.15) is 46.6 Å². The summed E-state index contributed by atoms with van der Waals surface area (Å²) in [6.07, 6.45) is -0.0124. The Morgan fingerprint density at radius 1 is 1.12 bits per heavy atom. The van der Waals surface area contributed by atoms with Crippen LogP contribution in [0.2, 0.25) is 0 Å². The van der Waals surface area contributed by atoms with Crippen molar-refractivity contribution in [3.8, 4) is 0 Å². The lowest BCUT2D eigenvalue weighted by Gasteiger charge is -2.30. The highest BCUT2D eigenvalue weighted by atomic mass is 16.6. The maximum atomic E-state index is 12.4. The van der Waals surface area contributed by atoms with Gasteiger partial charge in [0.25, 0.3) is 0 Å². The van der Waals surface area contributed by atoms with Crippen molar-refractivity contribution in [3.05, 3.63) is 35.9 Å². The summed E-state index contributed by atoms with van der Waals surface area (Å²) in [5.41, 5.74) is 0.304. The average Bonchev–Trinajstić information content (AvgIpc) is 2.48. The van der Waals surface area contributed by atoms with Crippen LogP contribution in [0.3, 0.4) is 0 Å². The number of hydrogen-bond donors (Lipinski definition) is 0. The number of amides is 1. The molecule has 0 spiro atoms. The highest BCUT2D eigenvalue weighted by Crippen LogP contribution is 2.17. The molecule has 134 valence electrons. The van der Waals surface area contributed by atoms with Gasteiger partial charge in [0.15, 0.2) is 0 Å². The number of carbonyl (C=O) groups excluding carboxylic acids is 2. The Morgan fingerprint density at radius 3 is 2.21 bits per heavy atom. The first-order chi connectivity index (χ1) is 11.1. The summed E-state index contributed by atoms with van der Waals surface area (Å²) >= 11 is 0. The van der Waals surface area contributed by atoms with E-state index < -0.39 is 23.7 Å². The molecule has 1 aromatic rings. The van der Waals surface area contributed by atoms with Gasteiger partial charge in [0, 0.05) is 7.05 Å². The molecule has 0 bridgehead atoms. The van der Waals surface area contributed by atoms with E-state index >= 15 is 0 Å². The monoisotopic (exact) mass is 335 g/mol. The number of hydrogen-bond acceptors (Lipinski definition) is 4. The van der Waals surface area contributed by atoms with Gasteiger partial charge in [-0.1, -0.05) is 44.2 Å². The number of carbonyl (C=O) groups is 2. The van der Waals surface area contributed by atoms with E-state index in [0.717, 1.165) is 5.56 Å². The first kappa shape index (κ1) is 20.0. The van der Waals surface area contributed by atoms with E-state index in [1.54, 1.807) is 7.05 Å². The van der Waals surface area contributed by atoms with Crippen molar-refractivity contribution >= 4 is 12.1 Å². The van der Waals surface area contributed by atoms with Crippen LogP contribution in [-0.4, -0.2) is 35.7 Å². The van der Waals surface area contributed by atoms with Gasteiger partial charge in [0.05, 0.1) is 0 Å². The quantitative estimate of drug-likeness (QED) is 0.737. The number of nitrogens with zero attached hydrogens (tertiary/aromatic N) is 1. The minimum Gasteiger partial charge on any atom is -0.458 e. The Hall–Kier alpha value is -2.04. The van der Waals surface area contributed by atoms with Crippen LogP contribution in [0.5, 0.6) is 0 Å². The molecule has 0 heterocycles. The van der Waals surface area contributed by atoms with Crippen molar-refractivity contribution in [2.24, 2.45) is 5.92 Å². The third-order valence-corrected chi connectivity index (χ3v) is 3.33. The Balaban J connectivity index is 2.73. The Labute approximate surface area is 144 Å². The van der Waals surface area contributed by atoms with Crippen LogP contribution in [0, 0.1) is 5.92 Å². The zero-order valence-corrected chi connectivity index (χ0v) is 15.5. The fraction of sp³-hybridized carbons (Fsp3) is 0.579. The van der Waals surface area contributed by atoms with Crippen LogP contribution in [-0.2, 0) is 20.9 Å². The maximum absolute atomic E-state index is 12.4. The summed E-state index contributed by atoms with van der Waals surface area (Å²) in [6, 6.07) is 8.77. The Kier molecular flexibility index (Phi) is 7.26. The average molecular weight is 335 g/mol. The van der Waals surface area contributed by atoms with Gasteiger partial charge in [-0.05, 0) is 38.7 Å². The second-order valence-electron chi connectivity index (χ2n) is 7.33. The van der Waals surface area contributed by atoms with Gasteiger partial charge in [-0.25, -0.2) is 9.59 Å². The molecule has 0 N–H and O–H groups in total. The standard InChI is InChI=1S/C19H29NO4/c1-14(2)12-16(17(21)24-19(3,4)5)20(6)18(22)23-13-15-10-8-7-9-11-15/h7-11,14,16H,12-13H2,1-6H3/t16-/m0/s1. The van der Waals surface area contributed by atoms with E-state index in [1.165, 1.54) is 4.90 Å². The lowest BCUT2D eigenvalue weighted by molar-refractivity contribution is -0.161. The smallest absolute Gasteiger partial charge is 0.410 e. The van der Waals surface area contributed by atoms with Crippen LogP contribution < -0.4 is 0 Å². The second kappa shape index (κ2) is 8.71. The molecule has 24 heavy (non-hydrogen) atoms. The molecule has 0 aliphatic heterocycles. The topological polar surface area (TPSA) is 55.8 Å². The van der Waals surface area contributed by atoms with Gasteiger partial charge in [0.2, 0.25) is 0 Å². The number of esters is 1. The molecule has 0 aromatic heterocycles. The van der Waals surface area contributed by atoms with Crippen molar-refractivity contribution in [2.75, 3.05) is 7.05 Å². The third-order valence-electron chi connectivity index (χ3n) is 3.33. The molecule has 1 amide bonds. The van der Waals surface area contributed by atoms with Gasteiger partial charge in [0.1, 0.15) is 18.2 Å². The number of ether oxygens (including phenoxy) is 2. The van der Waals surface area contributed by atoms with E-state index in [0.29, 0.717) is 6.42 Å². The molecule has 5 nitrogen and oxygen atoms in total. The van der Waals surface area contributed by atoms with E-state index in [-0.39, 0.29) is 12.5 Å². The minimum absolute atomic E-state index is 0.173. The van der Waals surface area contributed by atoms with E-state index in [2.05, 4.69) is 0 Å². The van der Waals surface area contributed by atoms with E-state index in [9.17, 15) is 9.59 Å². The highest BCUT2D eigenvalue weighted by molar-refractivity contribution is 5.81. The molecule has 0 aliphatic carbocycles. The highest BCUT2D eigenvalue weighted by Gasteiger charge is 2.32. The molecule has 1 atom stereocenters. The molecule has 0 saturated carbocycles. The first-order valence-electron chi connectivity index (χ1n) is 8.26. The lowest BCUT2D eigenvalue weighted by Crippen LogP contribution is -2.46. The fourth-order valence-electron chi connectivity index (χ4n) is 2.18. The molecule has 0 radical (unpaired) electrons. The molecule has 0 fully saturated rings. The largest absolute Gasteiger partial charge is 0.458 e. The van der Waals surface area contributed by atoms with E-state index in [4.69, 9.17) is 9.47 Å². The summed E-state index contributed by atoms with van der Waals surface area (Å²) in [4.78, 5) is 26.1. The Bertz CT molecular complexity index is 534. The van der Waals surface area contributed by atoms with Crippen molar-refractivity contribution in [1.29, 1.82) is 0 Å². The molecule has 5 heteroatoms. The van der Waals surface area contributed by atoms with Gasteiger partial charge >= 0.3 is 12.1 Å². The summed E-state index contributed by atoms with van der Waals surface area (Å²) < 4.78 is 10.8. The lowest BCUT2D eigenvalue weighted by atomic mass is 10.0. The summed E-state index contributed by atoms with van der Waals surface area (Å²) in [5.74, 6) is -0.165. The van der Waals surface area contributed by atoms with Crippen molar-refractivity contribution in [1.82, 2.24) is 4.90 Å². The molecule has 1 rings (SSSR count). The number of rotatable bonds is 6. The summed E-state index contributed by atoms with van der Waals surface area (Å²) in [7, 11) is 1.57. The molecule has 0 unspecified atom stereocenters.